The van der Waals surface area contributed by atoms with Crippen molar-refractivity contribution in [3.63, 3.8) is 0 Å². The summed E-state index contributed by atoms with van der Waals surface area (Å²) in [6, 6.07) is 6.24. The Morgan fingerprint density at radius 2 is 2.03 bits per heavy atom. The number of fused-ring (bicyclic) bond motifs is 1. The summed E-state index contributed by atoms with van der Waals surface area (Å²) in [5.74, 6) is 0.244. The van der Waals surface area contributed by atoms with Gasteiger partial charge in [-0.25, -0.2) is 9.50 Å². The number of rotatable bonds is 3. The van der Waals surface area contributed by atoms with Crippen LogP contribution in [0, 0.1) is 5.92 Å². The van der Waals surface area contributed by atoms with Gasteiger partial charge in [0.05, 0.1) is 16.3 Å². The summed E-state index contributed by atoms with van der Waals surface area (Å²) in [5, 5.41) is 6.09. The molecule has 2 fully saturated rings. The third-order valence-electron chi connectivity index (χ3n) is 5.59. The Morgan fingerprint density at radius 1 is 1.21 bits per heavy atom. The topological polar surface area (TPSA) is 50.5 Å². The number of likely N-dealkylation sites (tertiary alicyclic amines) is 1. The average molecular weight is 420 g/mol. The number of hydrogen-bond acceptors (Lipinski definition) is 4. The summed E-state index contributed by atoms with van der Waals surface area (Å²) in [7, 11) is 0. The van der Waals surface area contributed by atoms with Gasteiger partial charge in [-0.2, -0.15) is 18.3 Å². The van der Waals surface area contributed by atoms with Gasteiger partial charge in [0, 0.05) is 31.0 Å². The zero-order chi connectivity index (χ0) is 20.2. The maximum absolute atomic E-state index is 13.7. The molecule has 3 aromatic rings. The van der Waals surface area contributed by atoms with Gasteiger partial charge in [0.15, 0.2) is 11.3 Å². The van der Waals surface area contributed by atoms with Crippen LogP contribution in [0.25, 0.3) is 16.2 Å². The van der Waals surface area contributed by atoms with Gasteiger partial charge in [0.1, 0.15) is 0 Å². The first-order chi connectivity index (χ1) is 13.9. The molecule has 5 nitrogen and oxygen atoms in total. The number of alkyl halides is 3. The number of nitrogens with zero attached hydrogens (tertiary/aromatic N) is 4. The number of piperidine rings is 1. The molecule has 1 amide bonds. The van der Waals surface area contributed by atoms with E-state index < -0.39 is 11.9 Å². The SMILES string of the molecule is O=C(C1CC1)N1CCCC(c2cc3nc(-c4cccs4)cc(C(F)(F)F)n3n2)C1. The molecule has 0 spiro atoms. The van der Waals surface area contributed by atoms with Crippen molar-refractivity contribution >= 4 is 22.9 Å². The normalized spacial score (nSPS) is 20.4. The van der Waals surface area contributed by atoms with Crippen molar-refractivity contribution in [1.82, 2.24) is 19.5 Å². The van der Waals surface area contributed by atoms with Crippen LogP contribution in [0.2, 0.25) is 0 Å². The number of carbonyl (C=O) groups is 1. The zero-order valence-electron chi connectivity index (χ0n) is 15.5. The van der Waals surface area contributed by atoms with Gasteiger partial charge in [0.25, 0.3) is 0 Å². The van der Waals surface area contributed by atoms with Gasteiger partial charge in [-0.15, -0.1) is 11.3 Å². The summed E-state index contributed by atoms with van der Waals surface area (Å²) >= 11 is 1.35. The lowest BCUT2D eigenvalue weighted by atomic mass is 9.94. The second kappa shape index (κ2) is 6.83. The lowest BCUT2D eigenvalue weighted by Crippen LogP contribution is -2.40. The molecule has 1 aliphatic heterocycles. The Hall–Kier alpha value is -2.42. The van der Waals surface area contributed by atoms with Gasteiger partial charge in [0.2, 0.25) is 5.91 Å². The van der Waals surface area contributed by atoms with Crippen molar-refractivity contribution < 1.29 is 18.0 Å². The van der Waals surface area contributed by atoms with E-state index in [0.29, 0.717) is 29.4 Å². The smallest absolute Gasteiger partial charge is 0.342 e. The molecule has 3 aromatic heterocycles. The fraction of sp³-hybridized carbons (Fsp3) is 0.450. The maximum atomic E-state index is 13.7. The predicted molar refractivity (Wildman–Crippen MR) is 103 cm³/mol. The molecule has 1 saturated carbocycles. The predicted octanol–water partition coefficient (Wildman–Crippen LogP) is 4.59. The quantitative estimate of drug-likeness (QED) is 0.623. The fourth-order valence-electron chi connectivity index (χ4n) is 3.95. The van der Waals surface area contributed by atoms with E-state index in [9.17, 15) is 18.0 Å². The lowest BCUT2D eigenvalue weighted by molar-refractivity contribution is -0.142. The monoisotopic (exact) mass is 420 g/mol. The van der Waals surface area contributed by atoms with Crippen molar-refractivity contribution in [2.75, 3.05) is 13.1 Å². The molecule has 0 aromatic carbocycles. The molecule has 1 aliphatic carbocycles. The van der Waals surface area contributed by atoms with Crippen LogP contribution in [0.5, 0.6) is 0 Å². The van der Waals surface area contributed by atoms with Gasteiger partial charge >= 0.3 is 6.18 Å². The minimum absolute atomic E-state index is 0.0700. The summed E-state index contributed by atoms with van der Waals surface area (Å²) in [5.41, 5.74) is 0.211. The first-order valence-corrected chi connectivity index (χ1v) is 10.6. The third-order valence-corrected chi connectivity index (χ3v) is 6.48. The van der Waals surface area contributed by atoms with E-state index in [-0.39, 0.29) is 23.4 Å². The van der Waals surface area contributed by atoms with Gasteiger partial charge in [-0.1, -0.05) is 6.07 Å². The Morgan fingerprint density at radius 3 is 2.72 bits per heavy atom. The highest BCUT2D eigenvalue weighted by Gasteiger charge is 2.38. The highest BCUT2D eigenvalue weighted by molar-refractivity contribution is 7.13. The van der Waals surface area contributed by atoms with E-state index in [2.05, 4.69) is 10.1 Å². The van der Waals surface area contributed by atoms with Crippen LogP contribution in [0.4, 0.5) is 13.2 Å². The molecular formula is C20H19F3N4OS. The van der Waals surface area contributed by atoms with Crippen molar-refractivity contribution in [2.24, 2.45) is 5.92 Å². The molecule has 2 aliphatic rings. The number of amides is 1. The molecule has 0 radical (unpaired) electrons. The van der Waals surface area contributed by atoms with Crippen LogP contribution in [0.3, 0.4) is 0 Å². The minimum atomic E-state index is -4.54. The Labute approximate surface area is 169 Å². The molecule has 1 atom stereocenters. The molecule has 4 heterocycles. The van der Waals surface area contributed by atoms with Gasteiger partial charge < -0.3 is 4.90 Å². The van der Waals surface area contributed by atoms with E-state index >= 15 is 0 Å². The highest BCUT2D eigenvalue weighted by Crippen LogP contribution is 2.36. The van der Waals surface area contributed by atoms with E-state index in [1.165, 1.54) is 11.3 Å². The standard InChI is InChI=1S/C20H19F3N4OS/c21-20(22,23)17-9-15(16-4-2-8-29-16)24-18-10-14(25-27(17)18)13-3-1-7-26(11-13)19(28)12-5-6-12/h2,4,8-10,12-13H,1,3,5-7,11H2. The summed E-state index contributed by atoms with van der Waals surface area (Å²) in [6.45, 7) is 1.23. The van der Waals surface area contributed by atoms with Crippen LogP contribution in [-0.2, 0) is 11.0 Å². The molecule has 5 rings (SSSR count). The van der Waals surface area contributed by atoms with Crippen LogP contribution in [0.15, 0.2) is 29.6 Å². The third kappa shape index (κ3) is 3.52. The molecule has 1 saturated heterocycles. The van der Waals surface area contributed by atoms with Gasteiger partial charge in [-0.05, 0) is 43.2 Å². The largest absolute Gasteiger partial charge is 0.433 e. The lowest BCUT2D eigenvalue weighted by Gasteiger charge is -2.32. The van der Waals surface area contributed by atoms with Crippen molar-refractivity contribution in [2.45, 2.75) is 37.8 Å². The minimum Gasteiger partial charge on any atom is -0.342 e. The van der Waals surface area contributed by atoms with Crippen LogP contribution < -0.4 is 0 Å². The van der Waals surface area contributed by atoms with E-state index in [1.807, 2.05) is 10.3 Å². The first kappa shape index (κ1) is 18.6. The number of thiophene rings is 1. The molecule has 152 valence electrons. The molecule has 9 heteroatoms. The maximum Gasteiger partial charge on any atom is 0.433 e. The Balaban J connectivity index is 1.53. The average Bonchev–Trinajstić information content (AvgIpc) is 3.23. The summed E-state index contributed by atoms with van der Waals surface area (Å²) in [4.78, 5) is 19.4. The van der Waals surface area contributed by atoms with Crippen LogP contribution >= 0.6 is 11.3 Å². The van der Waals surface area contributed by atoms with Crippen molar-refractivity contribution in [3.05, 3.63) is 41.0 Å². The first-order valence-electron chi connectivity index (χ1n) is 9.71. The Kier molecular flexibility index (Phi) is 4.38. The van der Waals surface area contributed by atoms with Crippen LogP contribution in [-0.4, -0.2) is 38.5 Å². The highest BCUT2D eigenvalue weighted by atomic mass is 32.1. The van der Waals surface area contributed by atoms with Crippen molar-refractivity contribution in [1.29, 1.82) is 0 Å². The molecular weight excluding hydrogens is 401 g/mol. The zero-order valence-corrected chi connectivity index (χ0v) is 16.3. The Bertz CT molecular complexity index is 1060. The molecule has 0 bridgehead atoms. The van der Waals surface area contributed by atoms with E-state index in [1.54, 1.807) is 18.2 Å². The van der Waals surface area contributed by atoms with Gasteiger partial charge in [-0.3, -0.25) is 4.79 Å². The number of hydrogen-bond donors (Lipinski definition) is 0. The second-order valence-corrected chi connectivity index (χ2v) is 8.69. The van der Waals surface area contributed by atoms with Crippen LogP contribution in [0.1, 0.15) is 43.0 Å². The van der Waals surface area contributed by atoms with Crippen molar-refractivity contribution in [3.8, 4) is 10.6 Å². The fourth-order valence-corrected chi connectivity index (χ4v) is 4.64. The number of carbonyl (C=O) groups excluding carboxylic acids is 1. The molecule has 1 unspecified atom stereocenters. The molecule has 29 heavy (non-hydrogen) atoms. The molecule has 0 N–H and O–H groups in total. The second-order valence-electron chi connectivity index (χ2n) is 7.74. The van der Waals surface area contributed by atoms with E-state index in [4.69, 9.17) is 0 Å². The number of halogens is 3. The summed E-state index contributed by atoms with van der Waals surface area (Å²) in [6.07, 6.45) is -1.02. The van der Waals surface area contributed by atoms with E-state index in [0.717, 1.165) is 36.3 Å². The number of aromatic nitrogens is 3. The summed E-state index contributed by atoms with van der Waals surface area (Å²) < 4.78 is 42.0.